The van der Waals surface area contributed by atoms with E-state index in [0.717, 1.165) is 11.1 Å². The van der Waals surface area contributed by atoms with Gasteiger partial charge in [0.05, 0.1) is 10.5 Å². The van der Waals surface area contributed by atoms with Crippen molar-refractivity contribution < 1.29 is 18.0 Å². The Hall–Kier alpha value is -3.36. The Morgan fingerprint density at radius 3 is 2.34 bits per heavy atom. The number of carbonyl (C=O) groups is 2. The van der Waals surface area contributed by atoms with Crippen molar-refractivity contribution in [1.82, 2.24) is 14.6 Å². The number of benzene rings is 2. The van der Waals surface area contributed by atoms with Crippen LogP contribution in [0.1, 0.15) is 44.8 Å². The molecule has 7 nitrogen and oxygen atoms in total. The molecule has 2 heterocycles. The highest BCUT2D eigenvalue weighted by molar-refractivity contribution is 7.89. The monoisotopic (exact) mass is 449 g/mol. The van der Waals surface area contributed by atoms with E-state index in [4.69, 9.17) is 0 Å². The van der Waals surface area contributed by atoms with Gasteiger partial charge in [-0.15, -0.1) is 0 Å². The minimum Gasteiger partial charge on any atom is -0.273 e. The first-order valence-corrected chi connectivity index (χ1v) is 11.8. The number of amides is 2. The van der Waals surface area contributed by atoms with Crippen molar-refractivity contribution in [3.8, 4) is 0 Å². The van der Waals surface area contributed by atoms with Gasteiger partial charge < -0.3 is 0 Å². The average Bonchev–Trinajstić information content (AvgIpc) is 3.07. The lowest BCUT2D eigenvalue weighted by Gasteiger charge is -2.15. The van der Waals surface area contributed by atoms with Gasteiger partial charge in [0.25, 0.3) is 11.8 Å². The number of rotatable bonds is 8. The summed E-state index contributed by atoms with van der Waals surface area (Å²) in [7, 11) is -3.64. The molecule has 4 rings (SSSR count). The molecule has 1 aliphatic rings. The maximum Gasteiger partial charge on any atom is 0.280 e. The van der Waals surface area contributed by atoms with Gasteiger partial charge in [-0.05, 0) is 47.7 Å². The molecule has 0 fully saturated rings. The molecule has 0 aliphatic carbocycles. The van der Waals surface area contributed by atoms with Crippen molar-refractivity contribution in [2.45, 2.75) is 24.2 Å². The molecule has 0 saturated carbocycles. The third kappa shape index (κ3) is 4.46. The number of sulfonamides is 1. The van der Waals surface area contributed by atoms with Gasteiger partial charge in [-0.1, -0.05) is 49.4 Å². The molecule has 8 heteroatoms. The van der Waals surface area contributed by atoms with Crippen LogP contribution in [-0.4, -0.2) is 43.2 Å². The molecule has 0 spiro atoms. The van der Waals surface area contributed by atoms with Crippen LogP contribution in [0.5, 0.6) is 0 Å². The van der Waals surface area contributed by atoms with E-state index < -0.39 is 15.9 Å². The Balaban J connectivity index is 1.36. The molecule has 2 amide bonds. The number of imide groups is 1. The molecule has 0 radical (unpaired) electrons. The van der Waals surface area contributed by atoms with E-state index in [1.54, 1.807) is 24.3 Å². The molecule has 0 bridgehead atoms. The van der Waals surface area contributed by atoms with E-state index in [2.05, 4.69) is 9.71 Å². The zero-order chi connectivity index (χ0) is 22.7. The average molecular weight is 450 g/mol. The minimum atomic E-state index is -3.64. The van der Waals surface area contributed by atoms with Crippen LogP contribution in [0.2, 0.25) is 0 Å². The Kier molecular flexibility index (Phi) is 6.16. The van der Waals surface area contributed by atoms with Gasteiger partial charge >= 0.3 is 0 Å². The lowest BCUT2D eigenvalue weighted by molar-refractivity contribution is 0.0654. The highest BCUT2D eigenvalue weighted by Crippen LogP contribution is 2.21. The Bertz CT molecular complexity index is 1210. The molecule has 0 saturated heterocycles. The van der Waals surface area contributed by atoms with E-state index >= 15 is 0 Å². The van der Waals surface area contributed by atoms with Crippen LogP contribution < -0.4 is 4.72 Å². The second kappa shape index (κ2) is 9.02. The van der Waals surface area contributed by atoms with Gasteiger partial charge in [0.15, 0.2) is 0 Å². The Morgan fingerprint density at radius 2 is 1.66 bits per heavy atom. The van der Waals surface area contributed by atoms with Crippen molar-refractivity contribution in [3.05, 3.63) is 95.3 Å². The van der Waals surface area contributed by atoms with E-state index in [0.29, 0.717) is 18.5 Å². The summed E-state index contributed by atoms with van der Waals surface area (Å²) in [5, 5.41) is 0. The van der Waals surface area contributed by atoms with Crippen molar-refractivity contribution in [2.75, 3.05) is 13.1 Å². The molecule has 164 valence electrons. The van der Waals surface area contributed by atoms with E-state index in [1.807, 2.05) is 37.3 Å². The highest BCUT2D eigenvalue weighted by atomic mass is 32.2. The van der Waals surface area contributed by atoms with Crippen molar-refractivity contribution in [2.24, 2.45) is 0 Å². The number of hydrogen-bond acceptors (Lipinski definition) is 5. The van der Waals surface area contributed by atoms with Gasteiger partial charge in [0, 0.05) is 19.3 Å². The molecular weight excluding hydrogens is 426 g/mol. The molecule has 1 atom stereocenters. The summed E-state index contributed by atoms with van der Waals surface area (Å²) in [5.74, 6) is -0.713. The van der Waals surface area contributed by atoms with Gasteiger partial charge in [-0.25, -0.2) is 13.1 Å². The molecular formula is C24H23N3O4S. The zero-order valence-electron chi connectivity index (χ0n) is 17.6. The lowest BCUT2D eigenvalue weighted by Crippen LogP contribution is -2.32. The maximum atomic E-state index is 12.6. The van der Waals surface area contributed by atoms with Crippen LogP contribution >= 0.6 is 0 Å². The summed E-state index contributed by atoms with van der Waals surface area (Å²) < 4.78 is 27.9. The number of hydrogen-bond donors (Lipinski definition) is 1. The number of nitrogens with zero attached hydrogens (tertiary/aromatic N) is 2. The summed E-state index contributed by atoms with van der Waals surface area (Å²) in [4.78, 5) is 30.2. The van der Waals surface area contributed by atoms with Crippen LogP contribution in [0, 0.1) is 0 Å². The van der Waals surface area contributed by atoms with Crippen molar-refractivity contribution in [3.63, 3.8) is 0 Å². The predicted molar refractivity (Wildman–Crippen MR) is 120 cm³/mol. The maximum absolute atomic E-state index is 12.6. The van der Waals surface area contributed by atoms with Gasteiger partial charge in [-0.2, -0.15) is 0 Å². The summed E-state index contributed by atoms with van der Waals surface area (Å²) in [6, 6.07) is 19.4. The molecule has 2 aromatic carbocycles. The van der Waals surface area contributed by atoms with Crippen molar-refractivity contribution >= 4 is 21.8 Å². The summed E-state index contributed by atoms with van der Waals surface area (Å²) >= 11 is 0. The van der Waals surface area contributed by atoms with Crippen LogP contribution in [0.4, 0.5) is 0 Å². The Morgan fingerprint density at radius 1 is 0.938 bits per heavy atom. The van der Waals surface area contributed by atoms with Crippen molar-refractivity contribution in [1.29, 1.82) is 0 Å². The topological polar surface area (TPSA) is 96.4 Å². The first-order valence-electron chi connectivity index (χ1n) is 10.3. The third-order valence-electron chi connectivity index (χ3n) is 5.54. The van der Waals surface area contributed by atoms with Gasteiger partial charge in [0.1, 0.15) is 5.69 Å². The second-order valence-corrected chi connectivity index (χ2v) is 9.49. The molecule has 1 aliphatic heterocycles. The number of pyridine rings is 1. The number of aromatic nitrogens is 1. The second-order valence-electron chi connectivity index (χ2n) is 7.72. The van der Waals surface area contributed by atoms with Crippen LogP contribution in [0.15, 0.2) is 77.8 Å². The van der Waals surface area contributed by atoms with E-state index in [-0.39, 0.29) is 29.0 Å². The summed E-state index contributed by atoms with van der Waals surface area (Å²) in [6.45, 7) is 2.46. The zero-order valence-corrected chi connectivity index (χ0v) is 18.4. The number of carbonyl (C=O) groups excluding carboxylic acids is 2. The largest absolute Gasteiger partial charge is 0.280 e. The van der Waals surface area contributed by atoms with Crippen LogP contribution in [0.25, 0.3) is 0 Å². The summed E-state index contributed by atoms with van der Waals surface area (Å²) in [5.41, 5.74) is 2.38. The molecule has 3 aromatic rings. The van der Waals surface area contributed by atoms with Gasteiger partial charge in [0.2, 0.25) is 10.0 Å². The SMILES string of the molecule is C[C@@H](CNS(=O)(=O)c1ccc(CCN2C(=O)c3cccnc3C2=O)cc1)c1ccccc1. The molecule has 0 unspecified atom stereocenters. The lowest BCUT2D eigenvalue weighted by atomic mass is 10.0. The van der Waals surface area contributed by atoms with E-state index in [9.17, 15) is 18.0 Å². The quantitative estimate of drug-likeness (QED) is 0.534. The fourth-order valence-corrected chi connectivity index (χ4v) is 4.74. The minimum absolute atomic E-state index is 0.0411. The fraction of sp³-hybridized carbons (Fsp3) is 0.208. The summed E-state index contributed by atoms with van der Waals surface area (Å²) in [6.07, 6.45) is 1.91. The standard InChI is InChI=1S/C24H23N3O4S/c1-17(19-6-3-2-4-7-19)16-26-32(30,31)20-11-9-18(10-12-20)13-15-27-23(28)21-8-5-14-25-22(21)24(27)29/h2-12,14,17,26H,13,15-16H2,1H3/t17-/m0/s1. The molecule has 1 N–H and O–H groups in total. The van der Waals surface area contributed by atoms with E-state index in [1.165, 1.54) is 23.2 Å². The molecule has 1 aromatic heterocycles. The highest BCUT2D eigenvalue weighted by Gasteiger charge is 2.36. The first-order chi connectivity index (χ1) is 15.4. The molecule has 32 heavy (non-hydrogen) atoms. The van der Waals surface area contributed by atoms with Gasteiger partial charge in [-0.3, -0.25) is 19.5 Å². The normalized spacial score (nSPS) is 14.5. The fourth-order valence-electron chi connectivity index (χ4n) is 3.61. The smallest absolute Gasteiger partial charge is 0.273 e. The third-order valence-corrected chi connectivity index (χ3v) is 6.98. The number of nitrogens with one attached hydrogen (secondary N) is 1. The first kappa shape index (κ1) is 21.9. The van der Waals surface area contributed by atoms with Crippen LogP contribution in [0.3, 0.4) is 0 Å². The predicted octanol–water partition coefficient (Wildman–Crippen LogP) is 3.00. The van der Waals surface area contributed by atoms with Crippen LogP contribution in [-0.2, 0) is 16.4 Å². The number of fused-ring (bicyclic) bond motifs is 1. The Labute approximate surface area is 187 Å².